The van der Waals surface area contributed by atoms with Crippen LogP contribution in [0.4, 0.5) is 4.39 Å². The van der Waals surface area contributed by atoms with Crippen LogP contribution < -0.4 is 5.32 Å². The van der Waals surface area contributed by atoms with Crippen LogP contribution in [-0.2, 0) is 11.3 Å². The molecule has 94 valence electrons. The molecule has 0 aliphatic carbocycles. The third-order valence-electron chi connectivity index (χ3n) is 2.22. The Bertz CT molecular complexity index is 357. The van der Waals surface area contributed by atoms with E-state index in [4.69, 9.17) is 4.74 Å². The van der Waals surface area contributed by atoms with Crippen LogP contribution >= 0.6 is 15.9 Å². The first-order valence-corrected chi connectivity index (χ1v) is 6.36. The van der Waals surface area contributed by atoms with Crippen molar-refractivity contribution in [3.63, 3.8) is 0 Å². The lowest BCUT2D eigenvalue weighted by Gasteiger charge is -2.07. The lowest BCUT2D eigenvalue weighted by Crippen LogP contribution is -2.19. The molecule has 1 aromatic rings. The lowest BCUT2D eigenvalue weighted by molar-refractivity contribution is 0.140. The number of ether oxygens (including phenoxy) is 1. The molecule has 0 fully saturated rings. The predicted octanol–water partition coefficient (Wildman–Crippen LogP) is 3.27. The second-order valence-electron chi connectivity index (χ2n) is 3.60. The Morgan fingerprint density at radius 3 is 2.94 bits per heavy atom. The molecule has 0 saturated carbocycles. The summed E-state index contributed by atoms with van der Waals surface area (Å²) in [5.74, 6) is -0.228. The van der Waals surface area contributed by atoms with Crippen LogP contribution in [0.5, 0.6) is 0 Å². The van der Waals surface area contributed by atoms with E-state index in [1.807, 2.05) is 6.08 Å². The lowest BCUT2D eigenvalue weighted by atomic mass is 10.2. The molecule has 0 aliphatic heterocycles. The zero-order valence-corrected chi connectivity index (χ0v) is 11.3. The van der Waals surface area contributed by atoms with Crippen LogP contribution in [0.1, 0.15) is 12.0 Å². The minimum atomic E-state index is -0.228. The van der Waals surface area contributed by atoms with Crippen LogP contribution in [-0.4, -0.2) is 19.8 Å². The Hall–Kier alpha value is -0.710. The first-order chi connectivity index (χ1) is 8.24. The van der Waals surface area contributed by atoms with Gasteiger partial charge in [0.15, 0.2) is 0 Å². The molecule has 1 rings (SSSR count). The molecule has 0 amide bonds. The van der Waals surface area contributed by atoms with Crippen molar-refractivity contribution in [3.8, 4) is 0 Å². The van der Waals surface area contributed by atoms with Crippen molar-refractivity contribution in [3.05, 3.63) is 46.7 Å². The maximum absolute atomic E-state index is 12.8. The van der Waals surface area contributed by atoms with Gasteiger partial charge in [0.2, 0.25) is 0 Å². The zero-order valence-electron chi connectivity index (χ0n) is 9.72. The minimum absolute atomic E-state index is 0.228. The quantitative estimate of drug-likeness (QED) is 0.588. The van der Waals surface area contributed by atoms with E-state index < -0.39 is 0 Å². The van der Waals surface area contributed by atoms with Crippen LogP contribution in [0.15, 0.2) is 35.3 Å². The normalized spacial score (nSPS) is 10.5. The van der Waals surface area contributed by atoms with Gasteiger partial charge in [-0.05, 0) is 24.1 Å². The first-order valence-electron chi connectivity index (χ1n) is 5.57. The smallest absolute Gasteiger partial charge is 0.124 e. The minimum Gasteiger partial charge on any atom is -0.380 e. The van der Waals surface area contributed by atoms with Gasteiger partial charge >= 0.3 is 0 Å². The van der Waals surface area contributed by atoms with Crippen molar-refractivity contribution in [2.24, 2.45) is 0 Å². The van der Waals surface area contributed by atoms with Crippen molar-refractivity contribution in [2.75, 3.05) is 19.8 Å². The Morgan fingerprint density at radius 2 is 2.24 bits per heavy atom. The predicted molar refractivity (Wildman–Crippen MR) is 71.4 cm³/mol. The highest BCUT2D eigenvalue weighted by Gasteiger charge is 2.00. The van der Waals surface area contributed by atoms with Crippen molar-refractivity contribution in [1.29, 1.82) is 0 Å². The molecular formula is C13H17BrFNO. The van der Waals surface area contributed by atoms with Crippen molar-refractivity contribution < 1.29 is 9.13 Å². The average Bonchev–Trinajstić information content (AvgIpc) is 2.30. The Labute approximate surface area is 110 Å². The maximum atomic E-state index is 12.8. The SMILES string of the molecule is C=CCCOCCNCc1ccc(F)cc1Br. The van der Waals surface area contributed by atoms with E-state index in [1.165, 1.54) is 12.1 Å². The van der Waals surface area contributed by atoms with Crippen LogP contribution in [0.3, 0.4) is 0 Å². The highest BCUT2D eigenvalue weighted by molar-refractivity contribution is 9.10. The molecule has 0 spiro atoms. The summed E-state index contributed by atoms with van der Waals surface area (Å²) in [6, 6.07) is 4.70. The Balaban J connectivity index is 2.15. The number of rotatable bonds is 8. The van der Waals surface area contributed by atoms with Crippen LogP contribution in [0.2, 0.25) is 0 Å². The second-order valence-corrected chi connectivity index (χ2v) is 4.46. The number of nitrogens with one attached hydrogen (secondary N) is 1. The second kappa shape index (κ2) is 8.39. The molecule has 0 unspecified atom stereocenters. The maximum Gasteiger partial charge on any atom is 0.124 e. The summed E-state index contributed by atoms with van der Waals surface area (Å²) in [4.78, 5) is 0. The Kier molecular flexibility index (Phi) is 7.08. The van der Waals surface area contributed by atoms with E-state index in [9.17, 15) is 4.39 Å². The molecule has 0 aliphatic rings. The number of halogens is 2. The van der Waals surface area contributed by atoms with E-state index in [0.717, 1.165) is 23.0 Å². The molecule has 0 atom stereocenters. The molecule has 2 nitrogen and oxygen atoms in total. The standard InChI is InChI=1S/C13H17BrFNO/c1-2-3-7-17-8-6-16-10-11-4-5-12(15)9-13(11)14/h2,4-5,9,16H,1,3,6-8,10H2. The van der Waals surface area contributed by atoms with Gasteiger partial charge in [-0.2, -0.15) is 0 Å². The fourth-order valence-electron chi connectivity index (χ4n) is 1.30. The van der Waals surface area contributed by atoms with E-state index in [0.29, 0.717) is 19.8 Å². The summed E-state index contributed by atoms with van der Waals surface area (Å²) in [5.41, 5.74) is 1.04. The van der Waals surface area contributed by atoms with Gasteiger partial charge < -0.3 is 10.1 Å². The van der Waals surface area contributed by atoms with Gasteiger partial charge in [-0.15, -0.1) is 6.58 Å². The van der Waals surface area contributed by atoms with E-state index in [1.54, 1.807) is 6.07 Å². The number of hydrogen-bond donors (Lipinski definition) is 1. The summed E-state index contributed by atoms with van der Waals surface area (Å²) < 4.78 is 19.0. The van der Waals surface area contributed by atoms with Gasteiger partial charge in [0.25, 0.3) is 0 Å². The van der Waals surface area contributed by atoms with E-state index in [2.05, 4.69) is 27.8 Å². The highest BCUT2D eigenvalue weighted by atomic mass is 79.9. The molecule has 17 heavy (non-hydrogen) atoms. The van der Waals surface area contributed by atoms with Crippen molar-refractivity contribution in [1.82, 2.24) is 5.32 Å². The summed E-state index contributed by atoms with van der Waals surface area (Å²) in [6.45, 7) is 6.49. The van der Waals surface area contributed by atoms with Gasteiger partial charge in [-0.3, -0.25) is 0 Å². The molecular weight excluding hydrogens is 285 g/mol. The van der Waals surface area contributed by atoms with Gasteiger partial charge in [-0.25, -0.2) is 4.39 Å². The summed E-state index contributed by atoms with van der Waals surface area (Å²) in [5, 5.41) is 3.24. The molecule has 0 heterocycles. The Morgan fingerprint density at radius 1 is 1.41 bits per heavy atom. The molecule has 1 aromatic carbocycles. The third-order valence-corrected chi connectivity index (χ3v) is 2.96. The fraction of sp³-hybridized carbons (Fsp3) is 0.385. The van der Waals surface area contributed by atoms with Crippen LogP contribution in [0.25, 0.3) is 0 Å². The molecule has 1 N–H and O–H groups in total. The third kappa shape index (κ3) is 5.96. The first kappa shape index (κ1) is 14.4. The van der Waals surface area contributed by atoms with Crippen molar-refractivity contribution >= 4 is 15.9 Å². The summed E-state index contributed by atoms with van der Waals surface area (Å²) in [6.07, 6.45) is 2.71. The summed E-state index contributed by atoms with van der Waals surface area (Å²) >= 11 is 3.33. The largest absolute Gasteiger partial charge is 0.380 e. The van der Waals surface area contributed by atoms with E-state index >= 15 is 0 Å². The molecule has 0 radical (unpaired) electrons. The van der Waals surface area contributed by atoms with Crippen LogP contribution in [0, 0.1) is 5.82 Å². The zero-order chi connectivity index (χ0) is 12.5. The molecule has 4 heteroatoms. The monoisotopic (exact) mass is 301 g/mol. The molecule has 0 saturated heterocycles. The average molecular weight is 302 g/mol. The number of benzene rings is 1. The van der Waals surface area contributed by atoms with Crippen molar-refractivity contribution in [2.45, 2.75) is 13.0 Å². The highest BCUT2D eigenvalue weighted by Crippen LogP contribution is 2.17. The molecule has 0 aromatic heterocycles. The van der Waals surface area contributed by atoms with E-state index in [-0.39, 0.29) is 5.82 Å². The van der Waals surface area contributed by atoms with Gasteiger partial charge in [0.05, 0.1) is 13.2 Å². The van der Waals surface area contributed by atoms with Gasteiger partial charge in [-0.1, -0.05) is 28.1 Å². The summed E-state index contributed by atoms with van der Waals surface area (Å²) in [7, 11) is 0. The topological polar surface area (TPSA) is 21.3 Å². The fourth-order valence-corrected chi connectivity index (χ4v) is 1.79. The van der Waals surface area contributed by atoms with Gasteiger partial charge in [0, 0.05) is 17.6 Å². The van der Waals surface area contributed by atoms with Gasteiger partial charge in [0.1, 0.15) is 5.82 Å². The molecule has 0 bridgehead atoms. The number of hydrogen-bond acceptors (Lipinski definition) is 2.